The highest BCUT2D eigenvalue weighted by Crippen LogP contribution is 2.32. The highest BCUT2D eigenvalue weighted by molar-refractivity contribution is 5.73. The van der Waals surface area contributed by atoms with Crippen molar-refractivity contribution in [1.29, 1.82) is 0 Å². The predicted octanol–water partition coefficient (Wildman–Crippen LogP) is 2.46. The standard InChI is InChI=1S/C18H25N5O2/c1-11-10-14(15-6-4-5-8-23(15)9-7-16(19)24)21-18(20-11)17-12(2)22-25-13(17)3/h10,15H,4-9H2,1-3H3,(H2,19,24). The van der Waals surface area contributed by atoms with Crippen molar-refractivity contribution in [2.24, 2.45) is 5.73 Å². The van der Waals surface area contributed by atoms with E-state index in [0.717, 1.165) is 54.2 Å². The number of aromatic nitrogens is 3. The number of likely N-dealkylation sites (tertiary alicyclic amines) is 1. The molecule has 1 aliphatic heterocycles. The van der Waals surface area contributed by atoms with Crippen LogP contribution in [0.15, 0.2) is 10.6 Å². The molecule has 1 saturated heterocycles. The van der Waals surface area contributed by atoms with Crippen LogP contribution < -0.4 is 5.73 Å². The topological polar surface area (TPSA) is 98.1 Å². The molecule has 2 aromatic heterocycles. The van der Waals surface area contributed by atoms with Crippen molar-refractivity contribution in [2.45, 2.75) is 52.5 Å². The number of aryl methyl sites for hydroxylation is 3. The zero-order chi connectivity index (χ0) is 18.0. The Bertz CT molecular complexity index is 751. The predicted molar refractivity (Wildman–Crippen MR) is 93.7 cm³/mol. The molecule has 7 nitrogen and oxygen atoms in total. The van der Waals surface area contributed by atoms with Gasteiger partial charge >= 0.3 is 0 Å². The van der Waals surface area contributed by atoms with Crippen molar-refractivity contribution in [3.05, 3.63) is 28.9 Å². The van der Waals surface area contributed by atoms with Gasteiger partial charge < -0.3 is 10.3 Å². The first kappa shape index (κ1) is 17.5. The van der Waals surface area contributed by atoms with E-state index >= 15 is 0 Å². The van der Waals surface area contributed by atoms with Gasteiger partial charge in [0.1, 0.15) is 5.76 Å². The number of carbonyl (C=O) groups excluding carboxylic acids is 1. The minimum Gasteiger partial charge on any atom is -0.370 e. The number of carbonyl (C=O) groups is 1. The van der Waals surface area contributed by atoms with Crippen molar-refractivity contribution in [1.82, 2.24) is 20.0 Å². The van der Waals surface area contributed by atoms with Crippen LogP contribution in [-0.4, -0.2) is 39.0 Å². The first-order valence-electron chi connectivity index (χ1n) is 8.77. The van der Waals surface area contributed by atoms with E-state index in [0.29, 0.717) is 18.8 Å². The molecule has 1 fully saturated rings. The van der Waals surface area contributed by atoms with Gasteiger partial charge in [-0.3, -0.25) is 9.69 Å². The Hall–Kier alpha value is -2.28. The molecule has 1 unspecified atom stereocenters. The second kappa shape index (κ2) is 7.31. The summed E-state index contributed by atoms with van der Waals surface area (Å²) in [5, 5.41) is 4.01. The summed E-state index contributed by atoms with van der Waals surface area (Å²) in [5.74, 6) is 1.12. The van der Waals surface area contributed by atoms with Gasteiger partial charge in [0.2, 0.25) is 5.91 Å². The van der Waals surface area contributed by atoms with Crippen LogP contribution >= 0.6 is 0 Å². The van der Waals surface area contributed by atoms with Gasteiger partial charge in [0, 0.05) is 18.7 Å². The molecule has 7 heteroatoms. The van der Waals surface area contributed by atoms with Crippen LogP contribution in [0.1, 0.15) is 54.6 Å². The first-order valence-corrected chi connectivity index (χ1v) is 8.77. The largest absolute Gasteiger partial charge is 0.370 e. The molecule has 0 radical (unpaired) electrons. The summed E-state index contributed by atoms with van der Waals surface area (Å²) in [7, 11) is 0. The van der Waals surface area contributed by atoms with Crippen LogP contribution in [-0.2, 0) is 4.79 Å². The third kappa shape index (κ3) is 3.87. The summed E-state index contributed by atoms with van der Waals surface area (Å²) in [5.41, 5.74) is 8.90. The van der Waals surface area contributed by atoms with Crippen molar-refractivity contribution >= 4 is 5.91 Å². The number of amides is 1. The van der Waals surface area contributed by atoms with Gasteiger partial charge in [-0.2, -0.15) is 0 Å². The summed E-state index contributed by atoms with van der Waals surface area (Å²) in [6.07, 6.45) is 3.69. The molecule has 0 aromatic carbocycles. The summed E-state index contributed by atoms with van der Waals surface area (Å²) in [6.45, 7) is 7.38. The molecule has 0 bridgehead atoms. The lowest BCUT2D eigenvalue weighted by Gasteiger charge is -2.35. The Morgan fingerprint density at radius 1 is 1.32 bits per heavy atom. The number of hydrogen-bond donors (Lipinski definition) is 1. The highest BCUT2D eigenvalue weighted by Gasteiger charge is 2.26. The second-order valence-corrected chi connectivity index (χ2v) is 6.72. The van der Waals surface area contributed by atoms with E-state index in [1.807, 2.05) is 26.8 Å². The monoisotopic (exact) mass is 343 g/mol. The summed E-state index contributed by atoms with van der Waals surface area (Å²) < 4.78 is 5.27. The molecule has 0 spiro atoms. The lowest BCUT2D eigenvalue weighted by molar-refractivity contribution is -0.118. The molecule has 3 heterocycles. The SMILES string of the molecule is Cc1cc(C2CCCCN2CCC(N)=O)nc(-c2c(C)noc2C)n1. The van der Waals surface area contributed by atoms with Gasteiger partial charge in [0.05, 0.1) is 23.0 Å². The number of piperidine rings is 1. The molecule has 2 N–H and O–H groups in total. The van der Waals surface area contributed by atoms with Gasteiger partial charge in [0.15, 0.2) is 5.82 Å². The van der Waals surface area contributed by atoms with Crippen molar-refractivity contribution in [3.8, 4) is 11.4 Å². The van der Waals surface area contributed by atoms with Crippen molar-refractivity contribution in [3.63, 3.8) is 0 Å². The Morgan fingerprint density at radius 3 is 2.80 bits per heavy atom. The molecule has 134 valence electrons. The van der Waals surface area contributed by atoms with Crippen LogP contribution in [0.4, 0.5) is 0 Å². The maximum absolute atomic E-state index is 11.2. The summed E-state index contributed by atoms with van der Waals surface area (Å²) in [4.78, 5) is 22.9. The lowest BCUT2D eigenvalue weighted by atomic mass is 9.98. The third-order valence-corrected chi connectivity index (χ3v) is 4.73. The van der Waals surface area contributed by atoms with Crippen molar-refractivity contribution < 1.29 is 9.32 Å². The summed E-state index contributed by atoms with van der Waals surface area (Å²) >= 11 is 0. The maximum Gasteiger partial charge on any atom is 0.218 e. The number of nitrogens with zero attached hydrogens (tertiary/aromatic N) is 4. The van der Waals surface area contributed by atoms with E-state index in [1.165, 1.54) is 0 Å². The molecule has 1 amide bonds. The average Bonchev–Trinajstić information content (AvgIpc) is 2.91. The molecular weight excluding hydrogens is 318 g/mol. The Kier molecular flexibility index (Phi) is 5.13. The molecule has 0 aliphatic carbocycles. The Labute approximate surface area is 147 Å². The molecule has 25 heavy (non-hydrogen) atoms. The van der Waals surface area contributed by atoms with E-state index in [-0.39, 0.29) is 11.9 Å². The highest BCUT2D eigenvalue weighted by atomic mass is 16.5. The number of hydrogen-bond acceptors (Lipinski definition) is 6. The molecular formula is C18H25N5O2. The van der Waals surface area contributed by atoms with Gasteiger partial charge in [-0.05, 0) is 46.2 Å². The van der Waals surface area contributed by atoms with Gasteiger partial charge in [-0.1, -0.05) is 11.6 Å². The fourth-order valence-electron chi connectivity index (χ4n) is 3.53. The molecule has 1 aliphatic rings. The van der Waals surface area contributed by atoms with Crippen LogP contribution in [0, 0.1) is 20.8 Å². The minimum atomic E-state index is -0.264. The Morgan fingerprint density at radius 2 is 2.12 bits per heavy atom. The van der Waals surface area contributed by atoms with E-state index in [2.05, 4.69) is 15.0 Å². The van der Waals surface area contributed by atoms with Crippen LogP contribution in [0.2, 0.25) is 0 Å². The van der Waals surface area contributed by atoms with Gasteiger partial charge in [-0.25, -0.2) is 9.97 Å². The number of rotatable bonds is 5. The zero-order valence-electron chi connectivity index (χ0n) is 15.1. The first-order chi connectivity index (χ1) is 12.0. The number of primary amides is 1. The van der Waals surface area contributed by atoms with Crippen molar-refractivity contribution in [2.75, 3.05) is 13.1 Å². The van der Waals surface area contributed by atoms with E-state index in [1.54, 1.807) is 0 Å². The molecule has 2 aromatic rings. The van der Waals surface area contributed by atoms with E-state index in [4.69, 9.17) is 15.2 Å². The normalized spacial score (nSPS) is 18.4. The molecule has 3 rings (SSSR count). The minimum absolute atomic E-state index is 0.189. The van der Waals surface area contributed by atoms with E-state index in [9.17, 15) is 4.79 Å². The van der Waals surface area contributed by atoms with Gasteiger partial charge in [-0.15, -0.1) is 0 Å². The third-order valence-electron chi connectivity index (χ3n) is 4.73. The van der Waals surface area contributed by atoms with E-state index < -0.39 is 0 Å². The smallest absolute Gasteiger partial charge is 0.218 e. The van der Waals surface area contributed by atoms with Crippen LogP contribution in [0.5, 0.6) is 0 Å². The quantitative estimate of drug-likeness (QED) is 0.895. The average molecular weight is 343 g/mol. The Balaban J connectivity index is 1.94. The van der Waals surface area contributed by atoms with Crippen LogP contribution in [0.25, 0.3) is 11.4 Å². The lowest BCUT2D eigenvalue weighted by Crippen LogP contribution is -2.36. The second-order valence-electron chi connectivity index (χ2n) is 6.72. The fourth-order valence-corrected chi connectivity index (χ4v) is 3.53. The summed E-state index contributed by atoms with van der Waals surface area (Å²) in [6, 6.07) is 2.23. The zero-order valence-corrected chi connectivity index (χ0v) is 15.1. The molecule has 1 atom stereocenters. The fraction of sp³-hybridized carbons (Fsp3) is 0.556. The molecule has 0 saturated carbocycles. The maximum atomic E-state index is 11.2. The number of nitrogens with two attached hydrogens (primary N) is 1. The van der Waals surface area contributed by atoms with Gasteiger partial charge in [0.25, 0.3) is 0 Å². The van der Waals surface area contributed by atoms with Crippen LogP contribution in [0.3, 0.4) is 0 Å².